The molecule has 0 spiro atoms. The monoisotopic (exact) mass is 422 g/mol. The molecule has 0 bridgehead atoms. The van der Waals surface area contributed by atoms with E-state index in [1.54, 1.807) is 0 Å². The van der Waals surface area contributed by atoms with E-state index in [0.717, 1.165) is 52.9 Å². The van der Waals surface area contributed by atoms with Gasteiger partial charge >= 0.3 is 133 Å². The number of hydrogen-bond donors (Lipinski definition) is 0. The van der Waals surface area contributed by atoms with E-state index in [0.29, 0.717) is 0 Å². The van der Waals surface area contributed by atoms with Gasteiger partial charge in [0.05, 0.1) is 0 Å². The summed E-state index contributed by atoms with van der Waals surface area (Å²) >= 11 is -1.04. The first-order valence-electron chi connectivity index (χ1n) is 7.28. The molecular formula is C14H30O4Se2+2. The summed E-state index contributed by atoms with van der Waals surface area (Å²) in [6, 6.07) is 0. The number of hydrogen-bond acceptors (Lipinski definition) is 4. The van der Waals surface area contributed by atoms with Crippen molar-refractivity contribution >= 4 is 27.8 Å². The minimum atomic E-state index is -0.519. The van der Waals surface area contributed by atoms with Crippen molar-refractivity contribution < 1.29 is 18.9 Å². The summed E-state index contributed by atoms with van der Waals surface area (Å²) in [5, 5.41) is 4.90. The average molecular weight is 420 g/mol. The molecule has 1 fully saturated rings. The summed E-state index contributed by atoms with van der Waals surface area (Å²) in [7, 11) is 0. The summed E-state index contributed by atoms with van der Waals surface area (Å²) in [5.74, 6) is 4.76. The second-order valence-electron chi connectivity index (χ2n) is 4.83. The normalized spacial score (nSPS) is 30.3. The van der Waals surface area contributed by atoms with Gasteiger partial charge in [0, 0.05) is 0 Å². The van der Waals surface area contributed by atoms with Crippen molar-refractivity contribution in [3.05, 3.63) is 0 Å². The Morgan fingerprint density at radius 1 is 0.450 bits per heavy atom. The standard InChI is InChI=1S/C14H30O4Se2/c1-19-11-7-15-3-5-17-9-13-20(2)14-10-18-6-4-16-8-12-19/h3-14H2,1-2H3/q+2. The van der Waals surface area contributed by atoms with Crippen molar-refractivity contribution in [1.82, 2.24) is 0 Å². The molecule has 0 atom stereocenters. The van der Waals surface area contributed by atoms with E-state index in [1.807, 2.05) is 0 Å². The molecular weight excluding hydrogens is 390 g/mol. The van der Waals surface area contributed by atoms with Crippen molar-refractivity contribution in [1.29, 1.82) is 0 Å². The van der Waals surface area contributed by atoms with E-state index in [9.17, 15) is 0 Å². The molecule has 20 heavy (non-hydrogen) atoms. The van der Waals surface area contributed by atoms with Gasteiger partial charge in [-0.15, -0.1) is 0 Å². The van der Waals surface area contributed by atoms with Gasteiger partial charge in [-0.05, 0) is 0 Å². The summed E-state index contributed by atoms with van der Waals surface area (Å²) in [6.45, 7) is 6.52. The van der Waals surface area contributed by atoms with Gasteiger partial charge in [0.15, 0.2) is 0 Å². The Labute approximate surface area is 132 Å². The third kappa shape index (κ3) is 11.5. The molecule has 0 N–H and O–H groups in total. The molecule has 120 valence electrons. The molecule has 4 nitrogen and oxygen atoms in total. The van der Waals surface area contributed by atoms with Crippen molar-refractivity contribution in [2.75, 3.05) is 52.9 Å². The molecule has 1 saturated heterocycles. The Kier molecular flexibility index (Phi) is 12.8. The molecule has 0 unspecified atom stereocenters. The Hall–Kier alpha value is 0.879. The van der Waals surface area contributed by atoms with Gasteiger partial charge in [-0.1, -0.05) is 0 Å². The first kappa shape index (κ1) is 18.9. The van der Waals surface area contributed by atoms with Crippen molar-refractivity contribution in [3.63, 3.8) is 0 Å². The zero-order valence-electron chi connectivity index (χ0n) is 12.9. The van der Waals surface area contributed by atoms with Crippen LogP contribution in [0.3, 0.4) is 0 Å². The molecule has 0 aromatic rings. The molecule has 0 aromatic carbocycles. The second-order valence-corrected chi connectivity index (χ2v) is 14.8. The Morgan fingerprint density at radius 2 is 0.700 bits per heavy atom. The SMILES string of the molecule is C[Se+]1CCOCCOCC[Se+](C)CCOCCOCC1. The topological polar surface area (TPSA) is 36.9 Å². The fraction of sp³-hybridized carbons (Fsp3) is 1.00. The predicted octanol–water partition coefficient (Wildman–Crippen LogP) is 2.32. The van der Waals surface area contributed by atoms with E-state index < -0.39 is 27.8 Å². The molecule has 0 aromatic heterocycles. The van der Waals surface area contributed by atoms with Crippen LogP contribution in [0.5, 0.6) is 0 Å². The van der Waals surface area contributed by atoms with Gasteiger partial charge in [0.1, 0.15) is 0 Å². The van der Waals surface area contributed by atoms with Gasteiger partial charge in [-0.25, -0.2) is 0 Å². The summed E-state index contributed by atoms with van der Waals surface area (Å²) < 4.78 is 22.5. The molecule has 1 rings (SSSR count). The summed E-state index contributed by atoms with van der Waals surface area (Å²) in [6.07, 6.45) is 0. The third-order valence-corrected chi connectivity index (χ3v) is 10.3. The van der Waals surface area contributed by atoms with Crippen LogP contribution in [0.1, 0.15) is 0 Å². The molecule has 6 heteroatoms. The van der Waals surface area contributed by atoms with Crippen LogP contribution >= 0.6 is 0 Å². The quantitative estimate of drug-likeness (QED) is 0.564. The van der Waals surface area contributed by atoms with E-state index in [4.69, 9.17) is 18.9 Å². The zero-order chi connectivity index (χ0) is 14.5. The Bertz CT molecular complexity index is 177. The molecule has 0 amide bonds. The maximum atomic E-state index is 5.63. The van der Waals surface area contributed by atoms with Crippen molar-refractivity contribution in [3.8, 4) is 0 Å². The van der Waals surface area contributed by atoms with E-state index >= 15 is 0 Å². The average Bonchev–Trinajstić information content (AvgIpc) is 2.43. The van der Waals surface area contributed by atoms with Gasteiger partial charge < -0.3 is 0 Å². The van der Waals surface area contributed by atoms with E-state index in [2.05, 4.69) is 11.6 Å². The van der Waals surface area contributed by atoms with Crippen LogP contribution in [0.2, 0.25) is 32.9 Å². The van der Waals surface area contributed by atoms with Crippen molar-refractivity contribution in [2.24, 2.45) is 0 Å². The van der Waals surface area contributed by atoms with E-state index in [-0.39, 0.29) is 0 Å². The molecule has 0 aliphatic carbocycles. The fourth-order valence-electron chi connectivity index (χ4n) is 1.65. The van der Waals surface area contributed by atoms with Crippen molar-refractivity contribution in [2.45, 2.75) is 32.9 Å². The third-order valence-electron chi connectivity index (χ3n) is 3.05. The predicted molar refractivity (Wildman–Crippen MR) is 85.7 cm³/mol. The van der Waals surface area contributed by atoms with Crippen LogP contribution in [0.25, 0.3) is 0 Å². The van der Waals surface area contributed by atoms with Crippen LogP contribution < -0.4 is 0 Å². The van der Waals surface area contributed by atoms with Crippen LogP contribution in [0.15, 0.2) is 0 Å². The van der Waals surface area contributed by atoms with Crippen LogP contribution in [0.4, 0.5) is 0 Å². The molecule has 1 aliphatic heterocycles. The van der Waals surface area contributed by atoms with Crippen LogP contribution in [0, 0.1) is 0 Å². The second kappa shape index (κ2) is 13.5. The molecule has 0 radical (unpaired) electrons. The summed E-state index contributed by atoms with van der Waals surface area (Å²) in [4.78, 5) is 0. The van der Waals surface area contributed by atoms with Gasteiger partial charge in [-0.2, -0.15) is 0 Å². The molecule has 1 aliphatic rings. The first-order chi connectivity index (χ1) is 9.79. The zero-order valence-corrected chi connectivity index (χ0v) is 16.4. The Balaban J connectivity index is 2.16. The molecule has 0 saturated carbocycles. The minimum absolute atomic E-state index is 0.519. The number of rotatable bonds is 0. The van der Waals surface area contributed by atoms with Crippen LogP contribution in [-0.4, -0.2) is 80.7 Å². The van der Waals surface area contributed by atoms with E-state index in [1.165, 1.54) is 21.3 Å². The Morgan fingerprint density at radius 3 is 0.950 bits per heavy atom. The molecule has 1 heterocycles. The first-order valence-corrected chi connectivity index (χ1v) is 15.6. The number of ether oxygens (including phenoxy) is 4. The van der Waals surface area contributed by atoms with Crippen LogP contribution in [-0.2, 0) is 18.9 Å². The van der Waals surface area contributed by atoms with Gasteiger partial charge in [0.25, 0.3) is 0 Å². The maximum absolute atomic E-state index is 5.63. The van der Waals surface area contributed by atoms with Gasteiger partial charge in [-0.3, -0.25) is 0 Å². The summed E-state index contributed by atoms with van der Waals surface area (Å²) in [5.41, 5.74) is 0. The fourth-order valence-corrected chi connectivity index (χ4v) is 5.89. The van der Waals surface area contributed by atoms with Gasteiger partial charge in [0.2, 0.25) is 0 Å².